The van der Waals surface area contributed by atoms with Gasteiger partial charge in [0, 0.05) is 110 Å². The van der Waals surface area contributed by atoms with Crippen LogP contribution in [0.15, 0.2) is 279 Å². The summed E-state index contributed by atoms with van der Waals surface area (Å²) in [4.78, 5) is 64.6. The molecule has 2 amide bonds. The van der Waals surface area contributed by atoms with E-state index in [0.29, 0.717) is 70.8 Å². The van der Waals surface area contributed by atoms with Crippen molar-refractivity contribution in [1.29, 1.82) is 0 Å². The predicted molar refractivity (Wildman–Crippen MR) is 518 cm³/mol. The Balaban J connectivity index is 0.000000152. The standard InChI is InChI=1S/C27H27FN2O5.C22H19FN2O4.C14H12N2O3.C14H14N2O.C13H15FO5.C8H9NO.C6H4FNO2.Fe/c1-27(2)15-34-26(35-16-27)20-13-17(14-21(28)24(20)31)25(32)29-18-7-9-19(10-8-18)30-11-12-33-23-6-4-3-5-22(23)30;1-28-20-13-14(12-17(23)21(20)26)22(27)24-15-6-8-16(9-7-15)25-10-11-29-19-5-3-2-4-18(19)25;17-16(18)12-7-5-11(6-8-12)15-9-10-19-14-4-2-1-3-13(14)15;15-11-5-7-12(8-6-11)16-9-10-17-14-4-2-1-3-13(14)16;1-13(2)5-18-12(19-6-13)8-3-7(11(16)17)4-9(14)10(8)15;1-2-4-8-7(3-1)9-5-6-10-8;7-5-1-3-6(4-2-5)8(9)10;/h3-10,13-14,26,31H,11-12,15-16H2,1-2H3,(H,29,32);2-9,12-13,26H,10-11H2,1H3,(H,24,27);1-8H,9-10H2;1-8H,9-10,15H2;3-4,12,15H,5-6H2,1-2H3,(H,16,17);1-4,9H,5-6H2;1-4H;/p+1. The largest absolute Gasteiger partial charge is 1.00 e. The number of benzene rings is 13. The maximum Gasteiger partial charge on any atom is 1.00 e. The quantitative estimate of drug-likeness (QED) is 0.0165. The maximum absolute atomic E-state index is 14.5. The Hall–Kier alpha value is -15.9. The number of anilines is 12. The summed E-state index contributed by atoms with van der Waals surface area (Å²) >= 11 is 0. The van der Waals surface area contributed by atoms with Gasteiger partial charge in [0.25, 0.3) is 23.2 Å². The molecule has 20 rings (SSSR count). The van der Waals surface area contributed by atoms with Crippen molar-refractivity contribution in [1.82, 2.24) is 0 Å². The van der Waals surface area contributed by atoms with Gasteiger partial charge in [-0.1, -0.05) is 88.4 Å². The number of halogens is 4. The monoisotopic (exact) mass is 1960 g/mol. The molecule has 9 N–H and O–H groups in total. The number of carboxylic acid groups (broad SMARTS) is 1. The number of phenols is 3. The number of fused-ring (bicyclic) bond motifs is 5. The molecule has 2 saturated heterocycles. The molecule has 0 radical (unpaired) electrons. The number of rotatable bonds is 14. The molecule has 31 nitrogen and oxygen atoms in total. The molecule has 140 heavy (non-hydrogen) atoms. The number of para-hydroxylation sites is 10. The molecule has 0 spiro atoms. The summed E-state index contributed by atoms with van der Waals surface area (Å²) < 4.78 is 109. The van der Waals surface area contributed by atoms with Crippen molar-refractivity contribution in [2.45, 2.75) is 40.3 Å². The van der Waals surface area contributed by atoms with Crippen molar-refractivity contribution in [3.8, 4) is 51.7 Å². The van der Waals surface area contributed by atoms with Gasteiger partial charge in [0.15, 0.2) is 53.0 Å². The minimum absolute atomic E-state index is 0. The average Bonchev–Trinajstić information content (AvgIpc) is 0.842. The van der Waals surface area contributed by atoms with Crippen LogP contribution in [0.3, 0.4) is 0 Å². The van der Waals surface area contributed by atoms with Crippen LogP contribution in [0.1, 0.15) is 83.9 Å². The minimum atomic E-state index is -1.28. The molecule has 728 valence electrons. The van der Waals surface area contributed by atoms with E-state index in [9.17, 15) is 67.5 Å². The van der Waals surface area contributed by atoms with Gasteiger partial charge < -0.3 is 109 Å². The number of nitro benzene ring substituents is 2. The SMILES string of the molecule is CC1(C)COC(c2cc(C(=O)Nc3ccc(N4CCOc5ccccc54)cc3)cc(F)c2O)OC1.CC1(C)COC(c2cc(C(=O)O)cc(F)c2O)OC1.COc1cc(C(=O)Nc2ccc(N3CCOc4ccccc43)cc2)cc(F)c1O.Nc1ccc(N2CCOc3ccccc32)cc1.O=[N+]([O-])c1ccc(F)cc1.O=[N+]([O-])c1ccc(N2CCOc3ccccc32)cc1.[Fe].[H+].c1ccc2c(c1)NCCO2. The van der Waals surface area contributed by atoms with Crippen LogP contribution in [0.5, 0.6) is 51.7 Å². The Morgan fingerprint density at radius 1 is 0.429 bits per heavy atom. The van der Waals surface area contributed by atoms with Crippen LogP contribution in [0.4, 0.5) is 97.2 Å². The van der Waals surface area contributed by atoms with E-state index in [-0.39, 0.29) is 74.3 Å². The molecule has 0 atom stereocenters. The van der Waals surface area contributed by atoms with Crippen LogP contribution in [-0.4, -0.2) is 147 Å². The third-order valence-corrected chi connectivity index (χ3v) is 22.2. The number of carboxylic acids is 1. The van der Waals surface area contributed by atoms with Gasteiger partial charge >= 0.3 is 7.40 Å². The van der Waals surface area contributed by atoms with Crippen LogP contribution in [0, 0.1) is 54.3 Å². The third-order valence-electron chi connectivity index (χ3n) is 22.2. The van der Waals surface area contributed by atoms with Crippen LogP contribution >= 0.6 is 0 Å². The number of carbonyl (C=O) groups is 3. The number of nitrogens with zero attached hydrogens (tertiary/aromatic N) is 6. The van der Waals surface area contributed by atoms with E-state index in [0.717, 1.165) is 167 Å². The van der Waals surface area contributed by atoms with Crippen molar-refractivity contribution in [3.05, 3.63) is 350 Å². The summed E-state index contributed by atoms with van der Waals surface area (Å²) in [5, 5.41) is 67.7. The smallest absolute Gasteiger partial charge is 0.504 e. The predicted octanol–water partition coefficient (Wildman–Crippen LogP) is 21.3. The van der Waals surface area contributed by atoms with Crippen LogP contribution in [-0.2, 0) is 36.0 Å². The first-order chi connectivity index (χ1) is 66.9. The Morgan fingerprint density at radius 2 is 0.743 bits per heavy atom. The number of nitro groups is 2. The molecule has 13 aromatic carbocycles. The minimum Gasteiger partial charge on any atom is -0.504 e. The summed E-state index contributed by atoms with van der Waals surface area (Å²) in [5.41, 5.74) is 16.4. The van der Waals surface area contributed by atoms with E-state index in [4.69, 9.17) is 58.2 Å². The number of hydrogen-bond donors (Lipinski definition) is 8. The molecule has 0 aliphatic carbocycles. The summed E-state index contributed by atoms with van der Waals surface area (Å²) in [6, 6.07) is 79.7. The van der Waals surface area contributed by atoms with E-state index < -0.39 is 80.7 Å². The zero-order valence-electron chi connectivity index (χ0n) is 77.5. The van der Waals surface area contributed by atoms with Crippen LogP contribution in [0.2, 0.25) is 0 Å². The number of amides is 2. The van der Waals surface area contributed by atoms with Gasteiger partial charge in [0.2, 0.25) is 0 Å². The third kappa shape index (κ3) is 26.1. The second kappa shape index (κ2) is 46.8. The molecule has 7 aliphatic rings. The van der Waals surface area contributed by atoms with E-state index in [1.807, 2.05) is 191 Å². The van der Waals surface area contributed by atoms with E-state index >= 15 is 0 Å². The normalized spacial score (nSPS) is 14.9. The zero-order valence-corrected chi connectivity index (χ0v) is 77.6. The molecule has 2 fully saturated rings. The van der Waals surface area contributed by atoms with Crippen molar-refractivity contribution < 1.29 is 128 Å². The molecule has 0 saturated carbocycles. The van der Waals surface area contributed by atoms with Gasteiger partial charge in [-0.25, -0.2) is 22.4 Å². The molecule has 13 aromatic rings. The van der Waals surface area contributed by atoms with E-state index in [1.54, 1.807) is 36.4 Å². The Morgan fingerprint density at radius 3 is 1.11 bits per heavy atom. The number of aromatic carboxylic acids is 1. The fraction of sp³-hybridized carbons (Fsp3) is 0.221. The van der Waals surface area contributed by atoms with Gasteiger partial charge in [-0.3, -0.25) is 29.8 Å². The fourth-order valence-electron chi connectivity index (χ4n) is 15.1. The summed E-state index contributed by atoms with van der Waals surface area (Å²) in [5.74, 6) is -3.15. The summed E-state index contributed by atoms with van der Waals surface area (Å²) in [6.07, 6.45) is -1.90. The first-order valence-electron chi connectivity index (χ1n) is 44.0. The molecule has 0 aromatic heterocycles. The van der Waals surface area contributed by atoms with Crippen molar-refractivity contribution in [2.75, 3.05) is 141 Å². The number of nitrogen functional groups attached to an aromatic ring is 1. The van der Waals surface area contributed by atoms with Gasteiger partial charge in [0.05, 0.1) is 115 Å². The second-order valence-electron chi connectivity index (χ2n) is 33.6. The van der Waals surface area contributed by atoms with Crippen LogP contribution in [0.25, 0.3) is 0 Å². The Bertz CT molecular complexity index is 6470. The van der Waals surface area contributed by atoms with Crippen molar-refractivity contribution in [3.63, 3.8) is 0 Å². The number of hydrogen-bond acceptors (Lipinski definition) is 26. The number of nitrogens with two attached hydrogens (primary N) is 1. The molecule has 36 heteroatoms. The Kier molecular flexibility index (Phi) is 34.0. The molecule has 0 bridgehead atoms. The fourth-order valence-corrected chi connectivity index (χ4v) is 15.1. The topological polar surface area (TPSA) is 386 Å². The van der Waals surface area contributed by atoms with Gasteiger partial charge in [-0.2, -0.15) is 0 Å². The van der Waals surface area contributed by atoms with E-state index in [1.165, 1.54) is 31.4 Å². The molecular formula is C104H101F4FeN10O21+. The number of aromatic hydroxyl groups is 3. The first-order valence-corrected chi connectivity index (χ1v) is 44.0. The van der Waals surface area contributed by atoms with Gasteiger partial charge in [-0.05, 0) is 194 Å². The average molecular weight is 1960 g/mol. The number of carbonyl (C=O) groups excluding carboxylic acids is 2. The van der Waals surface area contributed by atoms with Gasteiger partial charge in [-0.15, -0.1) is 0 Å². The zero-order chi connectivity index (χ0) is 98.4. The molecular weight excluding hydrogens is 1860 g/mol. The maximum atomic E-state index is 14.5. The number of phenolic OH excluding ortho intramolecular Hbond substituents is 3. The molecule has 7 heterocycles. The molecule has 7 aliphatic heterocycles. The van der Waals surface area contributed by atoms with Gasteiger partial charge in [0.1, 0.15) is 67.6 Å². The Labute approximate surface area is 814 Å². The van der Waals surface area contributed by atoms with E-state index in [2.05, 4.69) is 41.6 Å². The van der Waals surface area contributed by atoms with Crippen LogP contribution < -0.4 is 69.7 Å². The number of non-ortho nitro benzene ring substituents is 2. The second-order valence-corrected chi connectivity index (χ2v) is 33.6. The number of methoxy groups -OCH3 is 1. The first kappa shape index (κ1) is 102. The van der Waals surface area contributed by atoms with Crippen molar-refractivity contribution in [2.24, 2.45) is 10.8 Å². The van der Waals surface area contributed by atoms with Crippen molar-refractivity contribution >= 4 is 97.4 Å². The molecule has 0 unspecified atom stereocenters. The summed E-state index contributed by atoms with van der Waals surface area (Å²) in [7, 11) is 1.29. The number of ether oxygens (including phenoxy) is 10. The summed E-state index contributed by atoms with van der Waals surface area (Å²) in [6.45, 7) is 16.5. The number of nitrogens with one attached hydrogen (secondary N) is 3.